The number of nitrogens with one attached hydrogen (secondary N) is 1. The van der Waals surface area contributed by atoms with Crippen LogP contribution in [0, 0.1) is 5.92 Å². The number of likely N-dealkylation sites (N-methyl/N-ethyl adjacent to an activating group) is 1. The number of piperidine rings is 2. The number of rotatable bonds is 6. The minimum absolute atomic E-state index is 0.130. The molecular formula is C15H31N3O2S. The Morgan fingerprint density at radius 1 is 1.10 bits per heavy atom. The van der Waals surface area contributed by atoms with E-state index in [4.69, 9.17) is 0 Å². The van der Waals surface area contributed by atoms with Gasteiger partial charge in [0.2, 0.25) is 0 Å². The first kappa shape index (κ1) is 17.2. The first-order valence-electron chi connectivity index (χ1n) is 8.57. The van der Waals surface area contributed by atoms with Crippen molar-refractivity contribution in [2.45, 2.75) is 58.4 Å². The highest BCUT2D eigenvalue weighted by molar-refractivity contribution is 7.86. The molecule has 6 heteroatoms. The molecule has 2 atom stereocenters. The second-order valence-electron chi connectivity index (χ2n) is 6.35. The van der Waals surface area contributed by atoms with E-state index in [0.717, 1.165) is 45.2 Å². The lowest BCUT2D eigenvalue weighted by atomic mass is 9.97. The summed E-state index contributed by atoms with van der Waals surface area (Å²) in [5, 5.41) is 3.32. The Labute approximate surface area is 130 Å². The van der Waals surface area contributed by atoms with Crippen LogP contribution in [-0.4, -0.2) is 55.8 Å². The van der Waals surface area contributed by atoms with Gasteiger partial charge < -0.3 is 5.32 Å². The Hall–Kier alpha value is -0.170. The molecule has 2 fully saturated rings. The summed E-state index contributed by atoms with van der Waals surface area (Å²) in [7, 11) is -3.28. The maximum atomic E-state index is 13.0. The molecule has 0 spiro atoms. The van der Waals surface area contributed by atoms with E-state index in [9.17, 15) is 8.42 Å². The summed E-state index contributed by atoms with van der Waals surface area (Å²) >= 11 is 0. The molecule has 0 aromatic carbocycles. The summed E-state index contributed by atoms with van der Waals surface area (Å²) in [4.78, 5) is 0. The van der Waals surface area contributed by atoms with Crippen molar-refractivity contribution in [3.63, 3.8) is 0 Å². The fraction of sp³-hybridized carbons (Fsp3) is 1.00. The monoisotopic (exact) mass is 317 g/mol. The van der Waals surface area contributed by atoms with Crippen LogP contribution in [0.15, 0.2) is 0 Å². The van der Waals surface area contributed by atoms with Gasteiger partial charge in [-0.3, -0.25) is 0 Å². The predicted molar refractivity (Wildman–Crippen MR) is 86.4 cm³/mol. The van der Waals surface area contributed by atoms with Gasteiger partial charge in [0.1, 0.15) is 0 Å². The zero-order chi connectivity index (χ0) is 15.3. The molecule has 2 saturated heterocycles. The van der Waals surface area contributed by atoms with Gasteiger partial charge in [0, 0.05) is 32.2 Å². The lowest BCUT2D eigenvalue weighted by molar-refractivity contribution is 0.202. The Morgan fingerprint density at radius 2 is 1.90 bits per heavy atom. The van der Waals surface area contributed by atoms with Gasteiger partial charge in [-0.25, -0.2) is 0 Å². The van der Waals surface area contributed by atoms with E-state index in [2.05, 4.69) is 19.2 Å². The summed E-state index contributed by atoms with van der Waals surface area (Å²) in [6.07, 6.45) is 6.36. The first-order valence-corrected chi connectivity index (χ1v) is 9.96. The van der Waals surface area contributed by atoms with Crippen LogP contribution < -0.4 is 5.32 Å². The van der Waals surface area contributed by atoms with Crippen LogP contribution in [0.2, 0.25) is 0 Å². The zero-order valence-corrected chi connectivity index (χ0v) is 14.4. The largest absolute Gasteiger partial charge is 0.315 e. The third-order valence-electron chi connectivity index (χ3n) is 4.88. The Kier molecular flexibility index (Phi) is 6.47. The maximum absolute atomic E-state index is 13.0. The molecule has 2 aliphatic rings. The van der Waals surface area contributed by atoms with Crippen LogP contribution in [0.4, 0.5) is 0 Å². The van der Waals surface area contributed by atoms with E-state index >= 15 is 0 Å². The highest BCUT2D eigenvalue weighted by atomic mass is 32.2. The van der Waals surface area contributed by atoms with Gasteiger partial charge in [-0.15, -0.1) is 0 Å². The van der Waals surface area contributed by atoms with Gasteiger partial charge >= 0.3 is 0 Å². The van der Waals surface area contributed by atoms with Crippen LogP contribution in [-0.2, 0) is 10.2 Å². The molecular weight excluding hydrogens is 286 g/mol. The Morgan fingerprint density at radius 3 is 2.62 bits per heavy atom. The van der Waals surface area contributed by atoms with Gasteiger partial charge in [0.15, 0.2) is 0 Å². The fourth-order valence-corrected chi connectivity index (χ4v) is 5.48. The molecule has 0 bridgehead atoms. The van der Waals surface area contributed by atoms with Gasteiger partial charge in [0.05, 0.1) is 0 Å². The molecule has 0 radical (unpaired) electrons. The molecule has 124 valence electrons. The highest BCUT2D eigenvalue weighted by Gasteiger charge is 2.37. The second kappa shape index (κ2) is 7.90. The number of nitrogens with zero attached hydrogens (tertiary/aromatic N) is 2. The predicted octanol–water partition coefficient (Wildman–Crippen LogP) is 1.82. The maximum Gasteiger partial charge on any atom is 0.282 e. The molecule has 5 nitrogen and oxygen atoms in total. The SMILES string of the molecule is CCNCC1CCCCN1S(=O)(=O)N1CCCC(CC)C1. The van der Waals surface area contributed by atoms with Crippen LogP contribution >= 0.6 is 0 Å². The normalized spacial score (nSPS) is 29.6. The summed E-state index contributed by atoms with van der Waals surface area (Å²) in [5.74, 6) is 0.533. The van der Waals surface area contributed by atoms with Crippen molar-refractivity contribution in [3.05, 3.63) is 0 Å². The second-order valence-corrected chi connectivity index (χ2v) is 8.23. The molecule has 1 N–H and O–H groups in total. The van der Waals surface area contributed by atoms with Gasteiger partial charge in [-0.05, 0) is 38.1 Å². The highest BCUT2D eigenvalue weighted by Crippen LogP contribution is 2.27. The van der Waals surface area contributed by atoms with E-state index in [1.54, 1.807) is 8.61 Å². The molecule has 0 aliphatic carbocycles. The molecule has 0 aromatic heterocycles. The van der Waals surface area contributed by atoms with Crippen LogP contribution in [0.1, 0.15) is 52.4 Å². The summed E-state index contributed by atoms with van der Waals surface area (Å²) in [6.45, 7) is 8.00. The molecule has 21 heavy (non-hydrogen) atoms. The van der Waals surface area contributed by atoms with E-state index in [1.807, 2.05) is 0 Å². The summed E-state index contributed by atoms with van der Waals surface area (Å²) in [6, 6.07) is 0.130. The fourth-order valence-electron chi connectivity index (χ4n) is 3.51. The molecule has 0 amide bonds. The van der Waals surface area contributed by atoms with Crippen molar-refractivity contribution in [2.24, 2.45) is 5.92 Å². The summed E-state index contributed by atoms with van der Waals surface area (Å²) in [5.41, 5.74) is 0. The van der Waals surface area contributed by atoms with Gasteiger partial charge in [-0.1, -0.05) is 26.7 Å². The van der Waals surface area contributed by atoms with Crippen molar-refractivity contribution in [2.75, 3.05) is 32.7 Å². The third kappa shape index (κ3) is 4.18. The lowest BCUT2D eigenvalue weighted by Gasteiger charge is -2.40. The average Bonchev–Trinajstić information content (AvgIpc) is 2.53. The van der Waals surface area contributed by atoms with E-state index < -0.39 is 10.2 Å². The third-order valence-corrected chi connectivity index (χ3v) is 6.94. The topological polar surface area (TPSA) is 52.7 Å². The van der Waals surface area contributed by atoms with Crippen molar-refractivity contribution in [3.8, 4) is 0 Å². The quantitative estimate of drug-likeness (QED) is 0.813. The standard InChI is InChI=1S/C15H31N3O2S/c1-3-14-8-7-10-17(13-14)21(19,20)18-11-6-5-9-15(18)12-16-4-2/h14-16H,3-13H2,1-2H3. The molecule has 0 aromatic rings. The zero-order valence-electron chi connectivity index (χ0n) is 13.6. The number of hydrogen-bond acceptors (Lipinski definition) is 3. The minimum atomic E-state index is -3.28. The average molecular weight is 317 g/mol. The van der Waals surface area contributed by atoms with Crippen molar-refractivity contribution in [1.82, 2.24) is 13.9 Å². The summed E-state index contributed by atoms with van der Waals surface area (Å²) < 4.78 is 29.5. The van der Waals surface area contributed by atoms with E-state index in [-0.39, 0.29) is 6.04 Å². The molecule has 2 unspecified atom stereocenters. The van der Waals surface area contributed by atoms with Crippen LogP contribution in [0.5, 0.6) is 0 Å². The smallest absolute Gasteiger partial charge is 0.282 e. The van der Waals surface area contributed by atoms with Crippen molar-refractivity contribution in [1.29, 1.82) is 0 Å². The molecule has 0 saturated carbocycles. The Balaban J connectivity index is 2.08. The van der Waals surface area contributed by atoms with Crippen molar-refractivity contribution >= 4 is 10.2 Å². The van der Waals surface area contributed by atoms with Crippen molar-refractivity contribution < 1.29 is 8.42 Å². The van der Waals surface area contributed by atoms with Gasteiger partial charge in [0.25, 0.3) is 10.2 Å². The molecule has 2 heterocycles. The van der Waals surface area contributed by atoms with E-state index in [1.165, 1.54) is 6.42 Å². The molecule has 2 rings (SSSR count). The minimum Gasteiger partial charge on any atom is -0.315 e. The van der Waals surface area contributed by atoms with E-state index in [0.29, 0.717) is 25.6 Å². The Bertz CT molecular complexity index is 413. The van der Waals surface area contributed by atoms with Crippen LogP contribution in [0.3, 0.4) is 0 Å². The lowest BCUT2D eigenvalue weighted by Crippen LogP contribution is -2.55. The molecule has 2 aliphatic heterocycles. The van der Waals surface area contributed by atoms with Gasteiger partial charge in [-0.2, -0.15) is 17.0 Å². The first-order chi connectivity index (χ1) is 10.1. The number of hydrogen-bond donors (Lipinski definition) is 1. The van der Waals surface area contributed by atoms with Crippen LogP contribution in [0.25, 0.3) is 0 Å².